The third-order valence-corrected chi connectivity index (χ3v) is 7.46. The van der Waals surface area contributed by atoms with Crippen LogP contribution in [0.1, 0.15) is 30.5 Å². The third-order valence-electron chi connectivity index (χ3n) is 5.69. The molecule has 0 aromatic heterocycles. The molecule has 3 aromatic carbocycles. The molecular formula is C27H31N3O5S. The Kier molecular flexibility index (Phi) is 8.71. The highest BCUT2D eigenvalue weighted by Crippen LogP contribution is 2.29. The molecule has 0 bridgehead atoms. The zero-order chi connectivity index (χ0) is 26.3. The van der Waals surface area contributed by atoms with E-state index in [9.17, 15) is 13.2 Å². The van der Waals surface area contributed by atoms with E-state index in [2.05, 4.69) is 10.5 Å². The van der Waals surface area contributed by atoms with Crippen LogP contribution in [0.2, 0.25) is 0 Å². The molecule has 8 nitrogen and oxygen atoms in total. The Balaban J connectivity index is 1.90. The number of benzene rings is 3. The highest BCUT2D eigenvalue weighted by molar-refractivity contribution is 7.92. The number of sulfonamides is 1. The quantitative estimate of drug-likeness (QED) is 0.324. The molecule has 0 saturated carbocycles. The molecule has 3 aromatic rings. The van der Waals surface area contributed by atoms with E-state index in [0.717, 1.165) is 15.4 Å². The number of para-hydroxylation sites is 1. The average Bonchev–Trinajstić information content (AvgIpc) is 2.90. The summed E-state index contributed by atoms with van der Waals surface area (Å²) in [6.45, 7) is 5.11. The van der Waals surface area contributed by atoms with Crippen molar-refractivity contribution in [2.24, 2.45) is 5.10 Å². The van der Waals surface area contributed by atoms with Crippen molar-refractivity contribution in [3.63, 3.8) is 0 Å². The van der Waals surface area contributed by atoms with Crippen LogP contribution < -0.4 is 19.2 Å². The summed E-state index contributed by atoms with van der Waals surface area (Å²) in [5.41, 5.74) is 5.93. The van der Waals surface area contributed by atoms with Gasteiger partial charge in [-0.3, -0.25) is 9.10 Å². The lowest BCUT2D eigenvalue weighted by Crippen LogP contribution is -2.40. The Morgan fingerprint density at radius 2 is 1.64 bits per heavy atom. The second-order valence-electron chi connectivity index (χ2n) is 8.11. The number of nitrogens with zero attached hydrogens (tertiary/aromatic N) is 2. The number of hydrazone groups is 1. The predicted molar refractivity (Wildman–Crippen MR) is 141 cm³/mol. The third kappa shape index (κ3) is 6.04. The lowest BCUT2D eigenvalue weighted by Gasteiger charge is -2.26. The smallest absolute Gasteiger partial charge is 0.264 e. The van der Waals surface area contributed by atoms with Gasteiger partial charge in [0.2, 0.25) is 0 Å². The number of methoxy groups -OCH3 is 2. The molecule has 0 unspecified atom stereocenters. The maximum absolute atomic E-state index is 13.6. The minimum Gasteiger partial charge on any atom is -0.493 e. The molecule has 1 amide bonds. The highest BCUT2D eigenvalue weighted by Gasteiger charge is 2.28. The fraction of sp³-hybridized carbons (Fsp3) is 0.259. The zero-order valence-electron chi connectivity index (χ0n) is 21.1. The van der Waals surface area contributed by atoms with Crippen LogP contribution in [0.3, 0.4) is 0 Å². The van der Waals surface area contributed by atoms with Crippen molar-refractivity contribution in [1.82, 2.24) is 5.43 Å². The maximum Gasteiger partial charge on any atom is 0.264 e. The van der Waals surface area contributed by atoms with Crippen LogP contribution in [-0.2, 0) is 21.2 Å². The van der Waals surface area contributed by atoms with Crippen molar-refractivity contribution in [3.05, 3.63) is 83.4 Å². The number of hydrogen-bond donors (Lipinski definition) is 1. The van der Waals surface area contributed by atoms with E-state index in [1.165, 1.54) is 7.11 Å². The van der Waals surface area contributed by atoms with E-state index >= 15 is 0 Å². The van der Waals surface area contributed by atoms with Gasteiger partial charge in [-0.05, 0) is 62.2 Å². The number of rotatable bonds is 10. The lowest BCUT2D eigenvalue weighted by atomic mass is 10.1. The monoisotopic (exact) mass is 509 g/mol. The molecule has 9 heteroatoms. The maximum atomic E-state index is 13.6. The summed E-state index contributed by atoms with van der Waals surface area (Å²) in [7, 11) is -0.930. The van der Waals surface area contributed by atoms with E-state index in [4.69, 9.17) is 9.47 Å². The molecular weight excluding hydrogens is 478 g/mol. The van der Waals surface area contributed by atoms with Crippen LogP contribution in [0.25, 0.3) is 0 Å². The minimum atomic E-state index is -4.01. The van der Waals surface area contributed by atoms with Gasteiger partial charge in [0.25, 0.3) is 15.9 Å². The molecule has 0 fully saturated rings. The van der Waals surface area contributed by atoms with Crippen LogP contribution >= 0.6 is 0 Å². The van der Waals surface area contributed by atoms with Crippen molar-refractivity contribution in [2.75, 3.05) is 25.1 Å². The normalized spacial score (nSPS) is 11.6. The van der Waals surface area contributed by atoms with Crippen molar-refractivity contribution in [3.8, 4) is 11.5 Å². The van der Waals surface area contributed by atoms with E-state index in [-0.39, 0.29) is 4.90 Å². The van der Waals surface area contributed by atoms with Gasteiger partial charge in [-0.15, -0.1) is 0 Å². The number of carbonyl (C=O) groups excluding carboxylic acids is 1. The number of ether oxygens (including phenoxy) is 2. The lowest BCUT2D eigenvalue weighted by molar-refractivity contribution is -0.119. The average molecular weight is 510 g/mol. The SMILES string of the molecule is CCc1ccccc1N(CC(=O)N/N=C(/C)c1ccc(OC)c(OC)c1)S(=O)(=O)c1ccc(C)cc1. The summed E-state index contributed by atoms with van der Waals surface area (Å²) in [4.78, 5) is 13.1. The molecule has 0 aliphatic heterocycles. The van der Waals surface area contributed by atoms with Crippen LogP contribution in [0.5, 0.6) is 11.5 Å². The fourth-order valence-electron chi connectivity index (χ4n) is 3.63. The van der Waals surface area contributed by atoms with Crippen molar-refractivity contribution in [2.45, 2.75) is 32.1 Å². The molecule has 0 aliphatic carbocycles. The van der Waals surface area contributed by atoms with Gasteiger partial charge in [0.15, 0.2) is 11.5 Å². The first-order valence-electron chi connectivity index (χ1n) is 11.4. The molecule has 36 heavy (non-hydrogen) atoms. The Morgan fingerprint density at radius 3 is 2.28 bits per heavy atom. The molecule has 0 heterocycles. The number of nitrogens with one attached hydrogen (secondary N) is 1. The minimum absolute atomic E-state index is 0.108. The van der Waals surface area contributed by atoms with Gasteiger partial charge in [-0.25, -0.2) is 13.8 Å². The Labute approximate surface area is 212 Å². The summed E-state index contributed by atoms with van der Waals surface area (Å²) in [5.74, 6) is 0.531. The van der Waals surface area contributed by atoms with Gasteiger partial charge in [0.05, 0.1) is 30.5 Å². The van der Waals surface area contributed by atoms with Crippen LogP contribution in [0, 0.1) is 6.92 Å². The summed E-state index contributed by atoms with van der Waals surface area (Å²) in [6, 6.07) is 19.0. The number of carbonyl (C=O) groups is 1. The fourth-order valence-corrected chi connectivity index (χ4v) is 5.09. The first-order valence-corrected chi connectivity index (χ1v) is 12.9. The van der Waals surface area contributed by atoms with Gasteiger partial charge in [-0.1, -0.05) is 42.8 Å². The molecule has 3 rings (SSSR count). The standard InChI is InChI=1S/C27H31N3O5S/c1-6-21-9-7-8-10-24(21)30(36(32,33)23-14-11-19(2)12-15-23)18-27(31)29-28-20(3)22-13-16-25(34-4)26(17-22)35-5/h7-17H,6,18H2,1-5H3,(H,29,31)/b28-20-. The Morgan fingerprint density at radius 1 is 0.972 bits per heavy atom. The van der Waals surface area contributed by atoms with Crippen LogP contribution in [0.4, 0.5) is 5.69 Å². The van der Waals surface area contributed by atoms with Gasteiger partial charge in [0.1, 0.15) is 6.54 Å². The summed E-state index contributed by atoms with van der Waals surface area (Å²) in [6.07, 6.45) is 0.605. The Bertz CT molecular complexity index is 1350. The predicted octanol–water partition coefficient (Wildman–Crippen LogP) is 4.31. The molecule has 190 valence electrons. The molecule has 0 atom stereocenters. The number of anilines is 1. The van der Waals surface area contributed by atoms with Gasteiger partial charge >= 0.3 is 0 Å². The van der Waals surface area contributed by atoms with Gasteiger partial charge < -0.3 is 9.47 Å². The number of aryl methyl sites for hydroxylation is 2. The largest absolute Gasteiger partial charge is 0.493 e. The highest BCUT2D eigenvalue weighted by atomic mass is 32.2. The summed E-state index contributed by atoms with van der Waals surface area (Å²) >= 11 is 0. The second kappa shape index (κ2) is 11.7. The number of hydrogen-bond acceptors (Lipinski definition) is 6. The van der Waals surface area contributed by atoms with Crippen molar-refractivity contribution in [1.29, 1.82) is 0 Å². The van der Waals surface area contributed by atoms with Crippen molar-refractivity contribution < 1.29 is 22.7 Å². The first-order chi connectivity index (χ1) is 17.2. The van der Waals surface area contributed by atoms with E-state index in [1.807, 2.05) is 26.0 Å². The summed E-state index contributed by atoms with van der Waals surface area (Å²) < 4.78 is 39.0. The summed E-state index contributed by atoms with van der Waals surface area (Å²) in [5, 5.41) is 4.18. The van der Waals surface area contributed by atoms with Crippen molar-refractivity contribution >= 4 is 27.3 Å². The number of amides is 1. The first kappa shape index (κ1) is 26.7. The van der Waals surface area contributed by atoms with E-state index in [0.29, 0.717) is 34.9 Å². The Hall–Kier alpha value is -3.85. The van der Waals surface area contributed by atoms with Gasteiger partial charge in [-0.2, -0.15) is 5.10 Å². The molecule has 0 radical (unpaired) electrons. The second-order valence-corrected chi connectivity index (χ2v) is 9.97. The molecule has 0 aliphatic rings. The van der Waals surface area contributed by atoms with Gasteiger partial charge in [0, 0.05) is 5.56 Å². The molecule has 0 saturated heterocycles. The zero-order valence-corrected chi connectivity index (χ0v) is 21.9. The van der Waals surface area contributed by atoms with E-state index < -0.39 is 22.5 Å². The molecule has 1 N–H and O–H groups in total. The van der Waals surface area contributed by atoms with Crippen LogP contribution in [-0.4, -0.2) is 40.8 Å². The molecule has 0 spiro atoms. The van der Waals surface area contributed by atoms with E-state index in [1.54, 1.807) is 68.6 Å². The van der Waals surface area contributed by atoms with Crippen LogP contribution in [0.15, 0.2) is 76.7 Å². The topological polar surface area (TPSA) is 97.3 Å².